The van der Waals surface area contributed by atoms with Crippen molar-refractivity contribution >= 4 is 24.4 Å². The Morgan fingerprint density at radius 2 is 2.33 bits per heavy atom. The third-order valence-electron chi connectivity index (χ3n) is 0.493. The van der Waals surface area contributed by atoms with E-state index in [1.54, 1.807) is 0 Å². The predicted molar refractivity (Wildman–Crippen MR) is 35.2 cm³/mol. The largest absolute Gasteiger partial charge is 0.793 e. The molecule has 0 bridgehead atoms. The van der Waals surface area contributed by atoms with E-state index in [0.717, 1.165) is 5.75 Å². The van der Waals surface area contributed by atoms with Crippen molar-refractivity contribution in [1.82, 2.24) is 0 Å². The molecule has 0 heterocycles. The van der Waals surface area contributed by atoms with Gasteiger partial charge in [0.2, 0.25) is 0 Å². The summed E-state index contributed by atoms with van der Waals surface area (Å²) in [6.45, 7) is 0. The highest BCUT2D eigenvalue weighted by Gasteiger charge is 1.70. The van der Waals surface area contributed by atoms with Gasteiger partial charge in [-0.2, -0.15) is 17.5 Å². The third-order valence-corrected chi connectivity index (χ3v) is 1.48. The second-order valence-corrected chi connectivity index (χ2v) is 2.44. The maximum atomic E-state index is 4.70. The zero-order valence-corrected chi connectivity index (χ0v) is 5.57. The molecule has 0 aromatic rings. The topological polar surface area (TPSA) is 0 Å². The monoisotopic (exact) mass is 121 g/mol. The molecule has 38 valence electrons. The minimum absolute atomic E-state index is 0.918. The van der Waals surface area contributed by atoms with Crippen molar-refractivity contribution in [2.24, 2.45) is 0 Å². The van der Waals surface area contributed by atoms with Gasteiger partial charge >= 0.3 is 0 Å². The smallest absolute Gasteiger partial charge is 0.00886 e. The van der Waals surface area contributed by atoms with Crippen LogP contribution in [0.15, 0.2) is 0 Å². The minimum Gasteiger partial charge on any atom is -0.793 e. The summed E-state index contributed by atoms with van der Waals surface area (Å²) in [5.74, 6) is 2.14. The first kappa shape index (κ1) is 6.70. The third kappa shape index (κ3) is 4.70. The lowest BCUT2D eigenvalue weighted by molar-refractivity contribution is 1.13. The van der Waals surface area contributed by atoms with Crippen LogP contribution in [-0.4, -0.2) is 17.8 Å². The minimum atomic E-state index is 0.918. The van der Waals surface area contributed by atoms with E-state index >= 15 is 0 Å². The van der Waals surface area contributed by atoms with Gasteiger partial charge in [-0.1, -0.05) is 6.42 Å². The van der Waals surface area contributed by atoms with Gasteiger partial charge in [-0.15, -0.1) is 0 Å². The summed E-state index contributed by atoms with van der Waals surface area (Å²) in [5, 5.41) is 0. The average molecular weight is 121 g/mol. The van der Waals surface area contributed by atoms with E-state index in [-0.39, 0.29) is 0 Å². The van der Waals surface area contributed by atoms with E-state index in [0.29, 0.717) is 0 Å². The summed E-state index contributed by atoms with van der Waals surface area (Å²) >= 11 is 6.56. The summed E-state index contributed by atoms with van der Waals surface area (Å²) < 4.78 is 0. The van der Waals surface area contributed by atoms with Crippen LogP contribution in [0.4, 0.5) is 0 Å². The van der Waals surface area contributed by atoms with Crippen LogP contribution in [0, 0.1) is 0 Å². The molecule has 2 heteroatoms. The molecule has 0 nitrogen and oxygen atoms in total. The van der Waals surface area contributed by atoms with Crippen molar-refractivity contribution < 1.29 is 0 Å². The van der Waals surface area contributed by atoms with Gasteiger partial charge in [0.25, 0.3) is 0 Å². The van der Waals surface area contributed by atoms with Crippen LogP contribution in [0.3, 0.4) is 0 Å². The second-order valence-electron chi connectivity index (χ2n) is 1.05. The zero-order chi connectivity index (χ0) is 4.83. The number of thioether (sulfide) groups is 1. The Balaban J connectivity index is 2.34. The summed E-state index contributed by atoms with van der Waals surface area (Å²) in [5.41, 5.74) is 0. The summed E-state index contributed by atoms with van der Waals surface area (Å²) in [6, 6.07) is 0. The first-order valence-corrected chi connectivity index (χ1v) is 3.96. The fourth-order valence-electron chi connectivity index (χ4n) is 0.203. The van der Waals surface area contributed by atoms with Crippen LogP contribution in [-0.2, 0) is 12.6 Å². The molecule has 0 aliphatic carbocycles. The van der Waals surface area contributed by atoms with Gasteiger partial charge in [0.1, 0.15) is 0 Å². The Hall–Kier alpha value is 0.700. The highest BCUT2D eigenvalue weighted by Crippen LogP contribution is 1.92. The molecule has 0 unspecified atom stereocenters. The van der Waals surface area contributed by atoms with Crippen molar-refractivity contribution in [1.29, 1.82) is 0 Å². The van der Waals surface area contributed by atoms with Crippen molar-refractivity contribution in [2.45, 2.75) is 6.42 Å². The molecule has 6 heavy (non-hydrogen) atoms. The lowest BCUT2D eigenvalue weighted by atomic mass is 10.6. The van der Waals surface area contributed by atoms with Crippen molar-refractivity contribution in [3.63, 3.8) is 0 Å². The molecule has 0 fully saturated rings. The molecule has 0 atom stereocenters. The molecule has 0 N–H and O–H groups in total. The molecule has 0 spiro atoms. The van der Waals surface area contributed by atoms with Gasteiger partial charge in [0, 0.05) is 0 Å². The van der Waals surface area contributed by atoms with E-state index in [1.165, 1.54) is 12.2 Å². The Morgan fingerprint density at radius 1 is 1.67 bits per heavy atom. The fraction of sp³-hybridized carbons (Fsp3) is 1.00. The van der Waals surface area contributed by atoms with E-state index in [2.05, 4.69) is 6.26 Å². The summed E-state index contributed by atoms with van der Waals surface area (Å²) in [4.78, 5) is 0. The molecular weight excluding hydrogens is 112 g/mol. The Labute approximate surface area is 49.1 Å². The standard InChI is InChI=1S/C4H10S2/c1-6-4-2-3-5/h5H,2-4H2,1H3/p-1. The van der Waals surface area contributed by atoms with E-state index in [9.17, 15) is 0 Å². The summed E-state index contributed by atoms with van der Waals surface area (Å²) in [6.07, 6.45) is 3.29. The van der Waals surface area contributed by atoms with E-state index in [4.69, 9.17) is 12.6 Å². The molecule has 0 aliphatic rings. The van der Waals surface area contributed by atoms with Crippen LogP contribution >= 0.6 is 11.8 Å². The molecule has 0 aromatic heterocycles. The molecular formula is C4H9S2-. The van der Waals surface area contributed by atoms with Crippen molar-refractivity contribution in [2.75, 3.05) is 17.8 Å². The first-order chi connectivity index (χ1) is 2.91. The lowest BCUT2D eigenvalue weighted by Crippen LogP contribution is -1.79. The van der Waals surface area contributed by atoms with Crippen LogP contribution in [0.1, 0.15) is 6.42 Å². The SMILES string of the molecule is CSCCC[S-]. The molecule has 0 saturated heterocycles. The zero-order valence-electron chi connectivity index (χ0n) is 3.94. The van der Waals surface area contributed by atoms with Gasteiger partial charge in [0.05, 0.1) is 0 Å². The first-order valence-electron chi connectivity index (χ1n) is 1.99. The number of rotatable bonds is 3. The highest BCUT2D eigenvalue weighted by molar-refractivity contribution is 7.98. The molecule has 0 amide bonds. The number of hydrogen-bond donors (Lipinski definition) is 0. The van der Waals surface area contributed by atoms with Crippen LogP contribution < -0.4 is 0 Å². The molecule has 0 radical (unpaired) electrons. The Bertz CT molecular complexity index is 17.5. The van der Waals surface area contributed by atoms with Gasteiger partial charge in [-0.25, -0.2) is 0 Å². The fourth-order valence-corrected chi connectivity index (χ4v) is 0.963. The van der Waals surface area contributed by atoms with Crippen LogP contribution in [0.2, 0.25) is 0 Å². The average Bonchev–Trinajstić information content (AvgIpc) is 1.61. The Morgan fingerprint density at radius 3 is 2.50 bits per heavy atom. The maximum Gasteiger partial charge on any atom is -0.00886 e. The predicted octanol–water partition coefficient (Wildman–Crippen LogP) is 1.29. The van der Waals surface area contributed by atoms with Crippen molar-refractivity contribution in [3.8, 4) is 0 Å². The maximum absolute atomic E-state index is 4.70. The van der Waals surface area contributed by atoms with Gasteiger partial charge in [0.15, 0.2) is 0 Å². The molecule has 0 aliphatic heterocycles. The number of hydrogen-bond acceptors (Lipinski definition) is 2. The normalized spacial score (nSPS) is 9.00. The molecule has 0 saturated carbocycles. The van der Waals surface area contributed by atoms with Crippen LogP contribution in [0.25, 0.3) is 0 Å². The van der Waals surface area contributed by atoms with E-state index in [1.807, 2.05) is 11.8 Å². The Kier molecular flexibility index (Phi) is 6.36. The summed E-state index contributed by atoms with van der Waals surface area (Å²) in [7, 11) is 0. The van der Waals surface area contributed by atoms with Gasteiger partial charge in [-0.05, 0) is 12.0 Å². The second kappa shape index (κ2) is 5.70. The van der Waals surface area contributed by atoms with Crippen LogP contribution in [0.5, 0.6) is 0 Å². The van der Waals surface area contributed by atoms with E-state index < -0.39 is 0 Å². The molecule has 0 aromatic carbocycles. The highest BCUT2D eigenvalue weighted by atomic mass is 32.2. The molecule has 0 rings (SSSR count). The van der Waals surface area contributed by atoms with Crippen molar-refractivity contribution in [3.05, 3.63) is 0 Å². The van der Waals surface area contributed by atoms with Gasteiger partial charge < -0.3 is 12.6 Å². The lowest BCUT2D eigenvalue weighted by Gasteiger charge is -1.97. The quantitative estimate of drug-likeness (QED) is 0.407. The van der Waals surface area contributed by atoms with Gasteiger partial charge in [-0.3, -0.25) is 0 Å².